The van der Waals surface area contributed by atoms with Crippen LogP contribution in [0.25, 0.3) is 0 Å². The summed E-state index contributed by atoms with van der Waals surface area (Å²) in [5.74, 6) is -3.56. The summed E-state index contributed by atoms with van der Waals surface area (Å²) in [7, 11) is 0. The van der Waals surface area contributed by atoms with Crippen LogP contribution in [-0.2, 0) is 6.54 Å². The van der Waals surface area contributed by atoms with Crippen LogP contribution in [0.1, 0.15) is 41.5 Å². The Bertz CT molecular complexity index is 1100. The fourth-order valence-corrected chi connectivity index (χ4v) is 4.26. The van der Waals surface area contributed by atoms with Crippen molar-refractivity contribution in [3.8, 4) is 6.07 Å². The standard InChI is InChI=1S/C24H21F6N3S/c1-14(4-3-11-31)33-13-17-12-19(34)9-10-20(17)21(33)15(2)32-18-7-5-16(6-8-18)22(23(25,26)27)24(28,29)30/h5-10,12,21-22,32,34H,1-4,13H2. The smallest absolute Gasteiger partial charge is 0.358 e. The van der Waals surface area contributed by atoms with Crippen LogP contribution in [0.3, 0.4) is 0 Å². The van der Waals surface area contributed by atoms with E-state index < -0.39 is 29.9 Å². The quantitative estimate of drug-likeness (QED) is 0.308. The van der Waals surface area contributed by atoms with Crippen LogP contribution >= 0.6 is 12.6 Å². The molecule has 0 aliphatic carbocycles. The Hall–Kier alpha value is -3.06. The number of halogens is 6. The zero-order valence-electron chi connectivity index (χ0n) is 17.8. The molecule has 0 bridgehead atoms. The van der Waals surface area contributed by atoms with E-state index in [-0.39, 0.29) is 6.42 Å². The van der Waals surface area contributed by atoms with Crippen LogP contribution in [0.15, 0.2) is 71.9 Å². The first-order chi connectivity index (χ1) is 15.8. The number of benzene rings is 2. The van der Waals surface area contributed by atoms with Crippen LogP contribution in [0.5, 0.6) is 0 Å². The maximum absolute atomic E-state index is 13.0. The van der Waals surface area contributed by atoms with Gasteiger partial charge in [0, 0.05) is 34.9 Å². The van der Waals surface area contributed by atoms with Crippen LogP contribution < -0.4 is 5.32 Å². The fraction of sp³-hybridized carbons (Fsp3) is 0.292. The number of hydrogen-bond acceptors (Lipinski definition) is 4. The summed E-state index contributed by atoms with van der Waals surface area (Å²) < 4.78 is 78.0. The Kier molecular flexibility index (Phi) is 7.26. The minimum absolute atomic E-state index is 0.275. The topological polar surface area (TPSA) is 39.1 Å². The normalized spacial score (nSPS) is 15.7. The maximum atomic E-state index is 13.0. The lowest BCUT2D eigenvalue weighted by Gasteiger charge is -2.31. The molecule has 10 heteroatoms. The van der Waals surface area contributed by atoms with Gasteiger partial charge in [-0.2, -0.15) is 31.6 Å². The highest BCUT2D eigenvalue weighted by molar-refractivity contribution is 7.80. The van der Waals surface area contributed by atoms with Crippen LogP contribution in [0.2, 0.25) is 0 Å². The van der Waals surface area contributed by atoms with E-state index in [1.165, 1.54) is 0 Å². The highest BCUT2D eigenvalue weighted by atomic mass is 32.1. The predicted molar refractivity (Wildman–Crippen MR) is 120 cm³/mol. The lowest BCUT2D eigenvalue weighted by molar-refractivity contribution is -0.253. The number of rotatable bonds is 7. The second kappa shape index (κ2) is 9.66. The van der Waals surface area contributed by atoms with Crippen molar-refractivity contribution in [2.45, 2.75) is 48.6 Å². The summed E-state index contributed by atoms with van der Waals surface area (Å²) in [6.45, 7) is 8.63. The molecule has 1 heterocycles. The van der Waals surface area contributed by atoms with Gasteiger partial charge < -0.3 is 10.2 Å². The van der Waals surface area contributed by atoms with Crippen molar-refractivity contribution in [3.63, 3.8) is 0 Å². The molecule has 2 aromatic rings. The summed E-state index contributed by atoms with van der Waals surface area (Å²) in [5, 5.41) is 11.9. The van der Waals surface area contributed by atoms with Crippen LogP contribution in [0.4, 0.5) is 32.0 Å². The number of nitrogens with zero attached hydrogens (tertiary/aromatic N) is 2. The number of anilines is 1. The van der Waals surface area contributed by atoms with E-state index in [4.69, 9.17) is 5.26 Å². The van der Waals surface area contributed by atoms with Crippen molar-refractivity contribution in [1.82, 2.24) is 4.90 Å². The van der Waals surface area contributed by atoms with Gasteiger partial charge >= 0.3 is 12.4 Å². The second-order valence-corrected chi connectivity index (χ2v) is 8.44. The SMILES string of the molecule is C=C(Nc1ccc(C(C(F)(F)F)C(F)(F)F)cc1)C1c2ccc(S)cc2CN1C(=C)CCC#N. The van der Waals surface area contributed by atoms with Gasteiger partial charge in [-0.1, -0.05) is 31.4 Å². The number of alkyl halides is 6. The van der Waals surface area contributed by atoms with Crippen LogP contribution in [0, 0.1) is 11.3 Å². The molecule has 0 spiro atoms. The Morgan fingerprint density at radius 2 is 1.71 bits per heavy atom. The largest absolute Gasteiger partial charge is 0.404 e. The molecule has 1 aliphatic rings. The van der Waals surface area contributed by atoms with Gasteiger partial charge in [-0.15, -0.1) is 12.6 Å². The Labute approximate surface area is 198 Å². The third-order valence-electron chi connectivity index (χ3n) is 5.54. The molecule has 0 amide bonds. The molecule has 34 heavy (non-hydrogen) atoms. The van der Waals surface area contributed by atoms with Crippen molar-refractivity contribution in [3.05, 3.63) is 83.7 Å². The number of nitriles is 1. The Morgan fingerprint density at radius 1 is 1.09 bits per heavy atom. The van der Waals surface area contributed by atoms with Gasteiger partial charge in [0.15, 0.2) is 5.92 Å². The third kappa shape index (κ3) is 5.53. The van der Waals surface area contributed by atoms with E-state index in [1.807, 2.05) is 23.1 Å². The summed E-state index contributed by atoms with van der Waals surface area (Å²) >= 11 is 4.37. The van der Waals surface area contributed by atoms with Gasteiger partial charge in [-0.3, -0.25) is 0 Å². The van der Waals surface area contributed by atoms with Crippen molar-refractivity contribution in [2.24, 2.45) is 0 Å². The molecule has 0 saturated heterocycles. The van der Waals surface area contributed by atoms with E-state index in [0.717, 1.165) is 40.3 Å². The van der Waals surface area contributed by atoms with Crippen LogP contribution in [-0.4, -0.2) is 17.3 Å². The molecule has 0 aromatic heterocycles. The highest BCUT2D eigenvalue weighted by Crippen LogP contribution is 2.47. The number of thiol groups is 1. The van der Waals surface area contributed by atoms with Gasteiger partial charge in [0.2, 0.25) is 0 Å². The van der Waals surface area contributed by atoms with E-state index in [9.17, 15) is 26.3 Å². The maximum Gasteiger partial charge on any atom is 0.404 e. The van der Waals surface area contributed by atoms with Crippen molar-refractivity contribution >= 4 is 18.3 Å². The molecule has 1 atom stereocenters. The molecule has 1 unspecified atom stereocenters. The summed E-state index contributed by atoms with van der Waals surface area (Å²) in [6.07, 6.45) is -10.2. The molecule has 1 aliphatic heterocycles. The van der Waals surface area contributed by atoms with Crippen molar-refractivity contribution < 1.29 is 26.3 Å². The average Bonchev–Trinajstić information content (AvgIpc) is 3.10. The average molecular weight is 498 g/mol. The van der Waals surface area contributed by atoms with Gasteiger partial charge in [-0.25, -0.2) is 0 Å². The molecule has 2 aromatic carbocycles. The lowest BCUT2D eigenvalue weighted by atomic mass is 9.97. The summed E-state index contributed by atoms with van der Waals surface area (Å²) in [5.41, 5.74) is 2.46. The van der Waals surface area contributed by atoms with Gasteiger partial charge in [0.1, 0.15) is 0 Å². The Morgan fingerprint density at radius 3 is 2.26 bits per heavy atom. The molecule has 0 saturated carbocycles. The van der Waals surface area contributed by atoms with Gasteiger partial charge in [-0.05, 0) is 47.4 Å². The number of hydrogen-bond donors (Lipinski definition) is 2. The lowest BCUT2D eigenvalue weighted by Crippen LogP contribution is -2.34. The first-order valence-corrected chi connectivity index (χ1v) is 10.6. The van der Waals surface area contributed by atoms with Gasteiger partial charge in [0.25, 0.3) is 0 Å². The second-order valence-electron chi connectivity index (χ2n) is 7.93. The van der Waals surface area contributed by atoms with Crippen molar-refractivity contribution in [2.75, 3.05) is 5.32 Å². The molecular formula is C24H21F6N3S. The summed E-state index contributed by atoms with van der Waals surface area (Å²) in [6, 6.07) is 11.2. The summed E-state index contributed by atoms with van der Waals surface area (Å²) in [4.78, 5) is 2.72. The van der Waals surface area contributed by atoms with E-state index in [1.54, 1.807) is 0 Å². The molecule has 0 radical (unpaired) electrons. The predicted octanol–water partition coefficient (Wildman–Crippen LogP) is 7.48. The molecule has 1 N–H and O–H groups in total. The van der Waals surface area contributed by atoms with Crippen molar-refractivity contribution in [1.29, 1.82) is 5.26 Å². The molecular weight excluding hydrogens is 476 g/mol. The van der Waals surface area contributed by atoms with E-state index >= 15 is 0 Å². The first kappa shape index (κ1) is 25.6. The zero-order chi connectivity index (χ0) is 25.3. The number of nitrogens with one attached hydrogen (secondary N) is 1. The Balaban J connectivity index is 1.85. The molecule has 3 nitrogen and oxygen atoms in total. The first-order valence-electron chi connectivity index (χ1n) is 10.1. The minimum atomic E-state index is -5.46. The fourth-order valence-electron chi connectivity index (χ4n) is 4.03. The van der Waals surface area contributed by atoms with E-state index in [0.29, 0.717) is 30.0 Å². The molecule has 0 fully saturated rings. The van der Waals surface area contributed by atoms with E-state index in [2.05, 4.69) is 37.2 Å². The van der Waals surface area contributed by atoms with Gasteiger partial charge in [0.05, 0.1) is 12.1 Å². The zero-order valence-corrected chi connectivity index (χ0v) is 18.7. The monoisotopic (exact) mass is 497 g/mol. The number of allylic oxidation sites excluding steroid dienone is 1. The highest BCUT2D eigenvalue weighted by Gasteiger charge is 2.57. The molecule has 3 rings (SSSR count). The third-order valence-corrected chi connectivity index (χ3v) is 5.82. The minimum Gasteiger partial charge on any atom is -0.358 e. The number of fused-ring (bicyclic) bond motifs is 1. The molecule has 180 valence electrons.